The highest BCUT2D eigenvalue weighted by molar-refractivity contribution is 5.84. The molecule has 1 aliphatic rings. The van der Waals surface area contributed by atoms with Crippen LogP contribution in [0.5, 0.6) is 0 Å². The van der Waals surface area contributed by atoms with Crippen molar-refractivity contribution < 1.29 is 9.18 Å². The lowest BCUT2D eigenvalue weighted by molar-refractivity contribution is 0.112. The van der Waals surface area contributed by atoms with Crippen molar-refractivity contribution in [3.05, 3.63) is 29.6 Å². The molecule has 1 atom stereocenters. The molecule has 0 aliphatic carbocycles. The predicted molar refractivity (Wildman–Crippen MR) is 71.6 cm³/mol. The number of carbonyl (C=O) groups is 1. The number of nitrogens with zero attached hydrogens (tertiary/aromatic N) is 1. The zero-order valence-corrected chi connectivity index (χ0v) is 10.9. The van der Waals surface area contributed by atoms with Gasteiger partial charge < -0.3 is 4.90 Å². The van der Waals surface area contributed by atoms with E-state index in [9.17, 15) is 9.18 Å². The average molecular weight is 249 g/mol. The third-order valence-electron chi connectivity index (χ3n) is 3.89. The summed E-state index contributed by atoms with van der Waals surface area (Å²) >= 11 is 0. The van der Waals surface area contributed by atoms with Crippen LogP contribution in [0.2, 0.25) is 0 Å². The minimum Gasteiger partial charge on any atom is -0.369 e. The second kappa shape index (κ2) is 5.98. The molecule has 2 nitrogen and oxygen atoms in total. The van der Waals surface area contributed by atoms with Gasteiger partial charge in [0, 0.05) is 18.7 Å². The summed E-state index contributed by atoms with van der Waals surface area (Å²) in [6, 6.07) is 4.72. The zero-order valence-electron chi connectivity index (χ0n) is 10.9. The smallest absolute Gasteiger partial charge is 0.152 e. The third-order valence-corrected chi connectivity index (χ3v) is 3.89. The topological polar surface area (TPSA) is 20.3 Å². The molecule has 0 bridgehead atoms. The van der Waals surface area contributed by atoms with Crippen molar-refractivity contribution in [3.8, 4) is 0 Å². The van der Waals surface area contributed by atoms with Gasteiger partial charge in [-0.1, -0.05) is 19.4 Å². The van der Waals surface area contributed by atoms with Crippen LogP contribution < -0.4 is 4.90 Å². The molecular weight excluding hydrogens is 229 g/mol. The first kappa shape index (κ1) is 13.1. The van der Waals surface area contributed by atoms with Crippen LogP contribution in [0.25, 0.3) is 0 Å². The standard InChI is InChI=1S/C15H20FNO/c1-2-12-5-4-9-17(10-8-12)15-13(11-18)6-3-7-14(15)16/h3,6-7,11-12H,2,4-5,8-10H2,1H3. The summed E-state index contributed by atoms with van der Waals surface area (Å²) in [6.45, 7) is 3.90. The van der Waals surface area contributed by atoms with Crippen LogP contribution in [0.3, 0.4) is 0 Å². The number of carbonyl (C=O) groups excluding carboxylic acids is 1. The molecular formula is C15H20FNO. The van der Waals surface area contributed by atoms with Gasteiger partial charge in [-0.05, 0) is 37.3 Å². The fourth-order valence-electron chi connectivity index (χ4n) is 2.76. The molecule has 3 heteroatoms. The van der Waals surface area contributed by atoms with Crippen molar-refractivity contribution in [3.63, 3.8) is 0 Å². The summed E-state index contributed by atoms with van der Waals surface area (Å²) in [5.41, 5.74) is 0.953. The highest BCUT2D eigenvalue weighted by Crippen LogP contribution is 2.28. The second-order valence-electron chi connectivity index (χ2n) is 4.99. The fraction of sp³-hybridized carbons (Fsp3) is 0.533. The number of benzene rings is 1. The number of rotatable bonds is 3. The first-order valence-corrected chi connectivity index (χ1v) is 6.75. The molecule has 1 aromatic rings. The summed E-state index contributed by atoms with van der Waals surface area (Å²) in [5, 5.41) is 0. The molecule has 1 heterocycles. The maximum atomic E-state index is 13.9. The van der Waals surface area contributed by atoms with E-state index < -0.39 is 0 Å². The molecule has 1 fully saturated rings. The largest absolute Gasteiger partial charge is 0.369 e. The van der Waals surface area contributed by atoms with E-state index in [2.05, 4.69) is 6.92 Å². The first-order valence-electron chi connectivity index (χ1n) is 6.75. The molecule has 1 aliphatic heterocycles. The van der Waals surface area contributed by atoms with Crippen molar-refractivity contribution >= 4 is 12.0 Å². The third kappa shape index (κ3) is 2.71. The Kier molecular flexibility index (Phi) is 4.34. The molecule has 0 radical (unpaired) electrons. The van der Waals surface area contributed by atoms with Gasteiger partial charge in [0.25, 0.3) is 0 Å². The minimum absolute atomic E-state index is 0.283. The van der Waals surface area contributed by atoms with Crippen molar-refractivity contribution in [2.75, 3.05) is 18.0 Å². The van der Waals surface area contributed by atoms with E-state index in [1.54, 1.807) is 12.1 Å². The van der Waals surface area contributed by atoms with Crippen LogP contribution in [0.4, 0.5) is 10.1 Å². The van der Waals surface area contributed by atoms with Gasteiger partial charge in [-0.25, -0.2) is 4.39 Å². The summed E-state index contributed by atoms with van der Waals surface area (Å²) in [7, 11) is 0. The summed E-state index contributed by atoms with van der Waals surface area (Å²) < 4.78 is 13.9. The average Bonchev–Trinajstić information content (AvgIpc) is 2.63. The lowest BCUT2D eigenvalue weighted by atomic mass is 9.98. The van der Waals surface area contributed by atoms with Crippen molar-refractivity contribution in [2.24, 2.45) is 5.92 Å². The maximum absolute atomic E-state index is 13.9. The number of halogens is 1. The highest BCUT2D eigenvalue weighted by atomic mass is 19.1. The maximum Gasteiger partial charge on any atom is 0.152 e. The number of hydrogen-bond acceptors (Lipinski definition) is 2. The molecule has 0 N–H and O–H groups in total. The molecule has 0 amide bonds. The lowest BCUT2D eigenvalue weighted by Crippen LogP contribution is -2.26. The van der Waals surface area contributed by atoms with Gasteiger partial charge in [0.15, 0.2) is 6.29 Å². The van der Waals surface area contributed by atoms with Crippen LogP contribution in [-0.2, 0) is 0 Å². The monoisotopic (exact) mass is 249 g/mol. The van der Waals surface area contributed by atoms with E-state index in [1.165, 1.54) is 18.9 Å². The molecule has 0 spiro atoms. The van der Waals surface area contributed by atoms with Crippen LogP contribution in [0, 0.1) is 11.7 Å². The van der Waals surface area contributed by atoms with Crippen molar-refractivity contribution in [1.82, 2.24) is 0 Å². The Morgan fingerprint density at radius 1 is 1.39 bits per heavy atom. The van der Waals surface area contributed by atoms with Gasteiger partial charge in [0.1, 0.15) is 5.82 Å². The quantitative estimate of drug-likeness (QED) is 0.762. The highest BCUT2D eigenvalue weighted by Gasteiger charge is 2.20. The van der Waals surface area contributed by atoms with E-state index in [-0.39, 0.29) is 5.82 Å². The molecule has 98 valence electrons. The molecule has 18 heavy (non-hydrogen) atoms. The SMILES string of the molecule is CCC1CCCN(c2c(F)cccc2C=O)CC1. The Balaban J connectivity index is 2.23. The predicted octanol–water partition coefficient (Wildman–Crippen LogP) is 3.65. The van der Waals surface area contributed by atoms with Gasteiger partial charge in [-0.15, -0.1) is 0 Å². The van der Waals surface area contributed by atoms with Gasteiger partial charge in [0.2, 0.25) is 0 Å². The number of anilines is 1. The van der Waals surface area contributed by atoms with Gasteiger partial charge >= 0.3 is 0 Å². The lowest BCUT2D eigenvalue weighted by Gasteiger charge is -2.24. The first-order chi connectivity index (χ1) is 8.76. The molecule has 1 unspecified atom stereocenters. The van der Waals surface area contributed by atoms with Crippen LogP contribution in [-0.4, -0.2) is 19.4 Å². The van der Waals surface area contributed by atoms with Gasteiger partial charge in [-0.2, -0.15) is 0 Å². The normalized spacial score (nSPS) is 20.6. The Labute approximate surface area is 108 Å². The summed E-state index contributed by atoms with van der Waals surface area (Å²) in [5.74, 6) is 0.455. The number of para-hydroxylation sites is 1. The van der Waals surface area contributed by atoms with Gasteiger partial charge in [0.05, 0.1) is 5.69 Å². The van der Waals surface area contributed by atoms with E-state index in [1.807, 2.05) is 4.90 Å². The molecule has 1 aromatic carbocycles. The molecule has 2 rings (SSSR count). The summed E-state index contributed by atoms with van der Waals surface area (Å²) in [6.07, 6.45) is 5.30. The Morgan fingerprint density at radius 2 is 2.22 bits per heavy atom. The zero-order chi connectivity index (χ0) is 13.0. The second-order valence-corrected chi connectivity index (χ2v) is 4.99. The number of aldehydes is 1. The van der Waals surface area contributed by atoms with E-state index in [0.29, 0.717) is 11.3 Å². The molecule has 0 saturated carbocycles. The van der Waals surface area contributed by atoms with Crippen LogP contribution >= 0.6 is 0 Å². The van der Waals surface area contributed by atoms with E-state index in [0.717, 1.165) is 38.1 Å². The Hall–Kier alpha value is -1.38. The molecule has 0 aromatic heterocycles. The minimum atomic E-state index is -0.283. The Morgan fingerprint density at radius 3 is 2.94 bits per heavy atom. The Bertz CT molecular complexity index is 419. The van der Waals surface area contributed by atoms with E-state index >= 15 is 0 Å². The van der Waals surface area contributed by atoms with Gasteiger partial charge in [-0.3, -0.25) is 4.79 Å². The summed E-state index contributed by atoms with van der Waals surface area (Å²) in [4.78, 5) is 13.1. The number of hydrogen-bond donors (Lipinski definition) is 0. The molecule has 1 saturated heterocycles. The fourth-order valence-corrected chi connectivity index (χ4v) is 2.76. The van der Waals surface area contributed by atoms with E-state index in [4.69, 9.17) is 0 Å². The van der Waals surface area contributed by atoms with Crippen molar-refractivity contribution in [2.45, 2.75) is 32.6 Å². The van der Waals surface area contributed by atoms with Crippen LogP contribution in [0.15, 0.2) is 18.2 Å². The van der Waals surface area contributed by atoms with Crippen molar-refractivity contribution in [1.29, 1.82) is 0 Å². The van der Waals surface area contributed by atoms with Crippen LogP contribution in [0.1, 0.15) is 43.0 Å².